The first-order chi connectivity index (χ1) is 9.63. The van der Waals surface area contributed by atoms with Crippen LogP contribution in [0, 0.1) is 0 Å². The summed E-state index contributed by atoms with van der Waals surface area (Å²) in [6.45, 7) is 6.95. The monoisotopic (exact) mass is 291 g/mol. The third-order valence-corrected chi connectivity index (χ3v) is 6.03. The number of rotatable bonds is 5. The Morgan fingerprint density at radius 1 is 1.30 bits per heavy atom. The number of anilines is 1. The molecule has 0 radical (unpaired) electrons. The van der Waals surface area contributed by atoms with E-state index >= 15 is 0 Å². The Labute approximate surface area is 125 Å². The van der Waals surface area contributed by atoms with Crippen LogP contribution in [0.4, 0.5) is 5.13 Å². The molecule has 1 aromatic rings. The van der Waals surface area contributed by atoms with Crippen molar-refractivity contribution in [3.63, 3.8) is 0 Å². The average molecular weight is 291 g/mol. The summed E-state index contributed by atoms with van der Waals surface area (Å²) >= 11 is 1.95. The Bertz CT molecular complexity index is 500. The van der Waals surface area contributed by atoms with E-state index < -0.39 is 0 Å². The summed E-state index contributed by atoms with van der Waals surface area (Å²) in [4.78, 5) is 9.11. The Morgan fingerprint density at radius 2 is 2.10 bits per heavy atom. The van der Waals surface area contributed by atoms with Crippen LogP contribution in [0.3, 0.4) is 0 Å². The van der Waals surface area contributed by atoms with Crippen LogP contribution in [-0.4, -0.2) is 23.1 Å². The molecule has 1 aliphatic heterocycles. The summed E-state index contributed by atoms with van der Waals surface area (Å²) in [5.41, 5.74) is 1.71. The van der Waals surface area contributed by atoms with Crippen molar-refractivity contribution in [1.82, 2.24) is 10.3 Å². The van der Waals surface area contributed by atoms with Crippen molar-refractivity contribution in [3.8, 4) is 0 Å². The van der Waals surface area contributed by atoms with Crippen LogP contribution in [0.15, 0.2) is 0 Å². The molecule has 1 N–H and O–H groups in total. The van der Waals surface area contributed by atoms with Gasteiger partial charge in [-0.2, -0.15) is 0 Å². The molecule has 4 heteroatoms. The van der Waals surface area contributed by atoms with Gasteiger partial charge in [0.15, 0.2) is 5.13 Å². The number of hydrogen-bond acceptors (Lipinski definition) is 4. The van der Waals surface area contributed by atoms with Gasteiger partial charge in [0.2, 0.25) is 0 Å². The van der Waals surface area contributed by atoms with Gasteiger partial charge in [-0.05, 0) is 52.4 Å². The SMILES string of the molecule is CC1(C)CCCN1c1nc(C2CC2)c(CNC2CC2)s1. The summed E-state index contributed by atoms with van der Waals surface area (Å²) in [5.74, 6) is 0.765. The fraction of sp³-hybridized carbons (Fsp3) is 0.812. The Balaban J connectivity index is 1.58. The quantitative estimate of drug-likeness (QED) is 0.897. The largest absolute Gasteiger partial charge is 0.343 e. The molecule has 2 heterocycles. The fourth-order valence-electron chi connectivity index (χ4n) is 3.25. The molecular formula is C16H25N3S. The van der Waals surface area contributed by atoms with Gasteiger partial charge in [0.1, 0.15) is 0 Å². The zero-order valence-electron chi connectivity index (χ0n) is 12.6. The van der Waals surface area contributed by atoms with E-state index in [9.17, 15) is 0 Å². The van der Waals surface area contributed by atoms with Crippen LogP contribution in [0.2, 0.25) is 0 Å². The molecule has 0 unspecified atom stereocenters. The Hall–Kier alpha value is -0.610. The van der Waals surface area contributed by atoms with Gasteiger partial charge in [-0.25, -0.2) is 4.98 Å². The van der Waals surface area contributed by atoms with Gasteiger partial charge in [-0.1, -0.05) is 0 Å². The summed E-state index contributed by atoms with van der Waals surface area (Å²) in [5, 5.41) is 4.95. The first-order valence-electron chi connectivity index (χ1n) is 8.14. The van der Waals surface area contributed by atoms with E-state index in [2.05, 4.69) is 24.1 Å². The highest BCUT2D eigenvalue weighted by atomic mass is 32.1. The van der Waals surface area contributed by atoms with Crippen molar-refractivity contribution in [3.05, 3.63) is 10.6 Å². The first kappa shape index (κ1) is 13.1. The van der Waals surface area contributed by atoms with Gasteiger partial charge < -0.3 is 10.2 Å². The molecule has 0 bridgehead atoms. The molecular weight excluding hydrogens is 266 g/mol. The fourth-order valence-corrected chi connectivity index (χ4v) is 4.54. The molecule has 1 aromatic heterocycles. The van der Waals surface area contributed by atoms with Gasteiger partial charge in [0, 0.05) is 35.5 Å². The number of nitrogens with zero attached hydrogens (tertiary/aromatic N) is 2. The predicted molar refractivity (Wildman–Crippen MR) is 84.6 cm³/mol. The maximum Gasteiger partial charge on any atom is 0.186 e. The third-order valence-electron chi connectivity index (χ3n) is 4.94. The molecule has 1 saturated heterocycles. The van der Waals surface area contributed by atoms with Crippen molar-refractivity contribution < 1.29 is 0 Å². The zero-order chi connectivity index (χ0) is 13.7. The highest BCUT2D eigenvalue weighted by molar-refractivity contribution is 7.15. The standard InChI is InChI=1S/C16H25N3S/c1-16(2)8-3-9-19(16)15-18-14(11-4-5-11)13(20-15)10-17-12-6-7-12/h11-12,17H,3-10H2,1-2H3. The summed E-state index contributed by atoms with van der Waals surface area (Å²) in [7, 11) is 0. The molecule has 0 aromatic carbocycles. The topological polar surface area (TPSA) is 28.2 Å². The lowest BCUT2D eigenvalue weighted by Gasteiger charge is -2.31. The lowest BCUT2D eigenvalue weighted by atomic mass is 10.0. The van der Waals surface area contributed by atoms with E-state index in [0.717, 1.165) is 18.5 Å². The Morgan fingerprint density at radius 3 is 2.70 bits per heavy atom. The van der Waals surface area contributed by atoms with Crippen LogP contribution in [0.5, 0.6) is 0 Å². The van der Waals surface area contributed by atoms with E-state index in [1.54, 1.807) is 0 Å². The second kappa shape index (κ2) is 4.70. The molecule has 110 valence electrons. The predicted octanol–water partition coefficient (Wildman–Crippen LogP) is 3.65. The van der Waals surface area contributed by atoms with Crippen molar-refractivity contribution in [2.24, 2.45) is 0 Å². The minimum atomic E-state index is 0.292. The molecule has 20 heavy (non-hydrogen) atoms. The number of thiazole rings is 1. The van der Waals surface area contributed by atoms with Gasteiger partial charge in [-0.15, -0.1) is 11.3 Å². The minimum Gasteiger partial charge on any atom is -0.343 e. The molecule has 4 rings (SSSR count). The molecule has 2 saturated carbocycles. The molecule has 0 spiro atoms. The lowest BCUT2D eigenvalue weighted by molar-refractivity contribution is 0.517. The average Bonchev–Trinajstić information content (AvgIpc) is 3.31. The van der Waals surface area contributed by atoms with Gasteiger partial charge in [0.05, 0.1) is 5.69 Å². The second-order valence-electron chi connectivity index (χ2n) is 7.30. The van der Waals surface area contributed by atoms with E-state index in [-0.39, 0.29) is 0 Å². The van der Waals surface area contributed by atoms with Crippen LogP contribution in [-0.2, 0) is 6.54 Å². The molecule has 3 fully saturated rings. The molecule has 3 aliphatic rings. The maximum absolute atomic E-state index is 5.05. The van der Waals surface area contributed by atoms with Gasteiger partial charge in [0.25, 0.3) is 0 Å². The molecule has 0 amide bonds. The highest BCUT2D eigenvalue weighted by Gasteiger charge is 2.36. The number of aromatic nitrogens is 1. The molecule has 3 nitrogen and oxygen atoms in total. The lowest BCUT2D eigenvalue weighted by Crippen LogP contribution is -2.38. The van der Waals surface area contributed by atoms with Crippen molar-refractivity contribution in [2.45, 2.75) is 76.4 Å². The smallest absolute Gasteiger partial charge is 0.186 e. The van der Waals surface area contributed by atoms with Crippen LogP contribution in [0.1, 0.15) is 68.9 Å². The maximum atomic E-state index is 5.05. The van der Waals surface area contributed by atoms with Crippen molar-refractivity contribution >= 4 is 16.5 Å². The second-order valence-corrected chi connectivity index (χ2v) is 8.36. The van der Waals surface area contributed by atoms with Crippen molar-refractivity contribution in [1.29, 1.82) is 0 Å². The molecule has 0 atom stereocenters. The van der Waals surface area contributed by atoms with E-state index in [4.69, 9.17) is 4.98 Å². The van der Waals surface area contributed by atoms with E-state index in [0.29, 0.717) is 5.54 Å². The van der Waals surface area contributed by atoms with Gasteiger partial charge >= 0.3 is 0 Å². The summed E-state index contributed by atoms with van der Waals surface area (Å²) < 4.78 is 0. The number of hydrogen-bond donors (Lipinski definition) is 1. The van der Waals surface area contributed by atoms with Crippen LogP contribution >= 0.6 is 11.3 Å². The first-order valence-corrected chi connectivity index (χ1v) is 8.96. The van der Waals surface area contributed by atoms with Gasteiger partial charge in [-0.3, -0.25) is 0 Å². The Kier molecular flexibility index (Phi) is 3.08. The minimum absolute atomic E-state index is 0.292. The normalized spacial score (nSPS) is 25.4. The number of nitrogens with one attached hydrogen (secondary N) is 1. The van der Waals surface area contributed by atoms with Crippen LogP contribution in [0.25, 0.3) is 0 Å². The zero-order valence-corrected chi connectivity index (χ0v) is 13.4. The van der Waals surface area contributed by atoms with Crippen molar-refractivity contribution in [2.75, 3.05) is 11.4 Å². The van der Waals surface area contributed by atoms with E-state index in [1.807, 2.05) is 11.3 Å². The summed E-state index contributed by atoms with van der Waals surface area (Å²) in [6.07, 6.45) is 8.03. The van der Waals surface area contributed by atoms with E-state index in [1.165, 1.54) is 60.8 Å². The summed E-state index contributed by atoms with van der Waals surface area (Å²) in [6, 6.07) is 0.788. The van der Waals surface area contributed by atoms with Crippen LogP contribution < -0.4 is 10.2 Å². The third kappa shape index (κ3) is 2.48. The highest BCUT2D eigenvalue weighted by Crippen LogP contribution is 2.46. The molecule has 2 aliphatic carbocycles.